The maximum atomic E-state index is 13.9. The summed E-state index contributed by atoms with van der Waals surface area (Å²) in [7, 11) is 4.08. The van der Waals surface area contributed by atoms with E-state index >= 15 is 0 Å². The lowest BCUT2D eigenvalue weighted by atomic mass is 9.90. The Kier molecular flexibility index (Phi) is 10.9. The van der Waals surface area contributed by atoms with E-state index in [1.165, 1.54) is 65.0 Å². The first-order chi connectivity index (χ1) is 19.3. The molecule has 3 nitrogen and oxygen atoms in total. The average Bonchev–Trinajstić information content (AvgIpc) is 2.90. The lowest BCUT2D eigenvalue weighted by Crippen LogP contribution is -2.40. The molecule has 0 atom stereocenters. The molecule has 3 aromatic carbocycles. The van der Waals surface area contributed by atoms with E-state index in [0.717, 1.165) is 37.9 Å². The summed E-state index contributed by atoms with van der Waals surface area (Å²) in [6.07, 6.45) is 9.90. The number of rotatable bonds is 9. The van der Waals surface area contributed by atoms with Crippen molar-refractivity contribution in [3.63, 3.8) is 0 Å². The Bertz CT molecular complexity index is 1310. The third-order valence-corrected chi connectivity index (χ3v) is 7.53. The largest absolute Gasteiger partial charge is 0.388 e. The maximum absolute atomic E-state index is 13.9. The molecular formula is C36H46F2N2O. The Morgan fingerprint density at radius 2 is 1.54 bits per heavy atom. The normalized spacial score (nSPS) is 13.6. The number of nitrogens with zero attached hydrogens (tertiary/aromatic N) is 1. The number of anilines is 2. The summed E-state index contributed by atoms with van der Waals surface area (Å²) < 4.78 is 27.8. The molecule has 1 aliphatic carbocycles. The SMILES string of the molecule is CC(C)(O)C(F)(F)c1ccc(CC=C2CCC2)cc1.CC/C=C(/c1ccc(NC)cc1)N(C)c1cc(C)cc(C)c1. The predicted octanol–water partition coefficient (Wildman–Crippen LogP) is 9.43. The fourth-order valence-corrected chi connectivity index (χ4v) is 4.78. The Balaban J connectivity index is 0.000000228. The van der Waals surface area contributed by atoms with Crippen molar-refractivity contribution in [3.8, 4) is 0 Å². The monoisotopic (exact) mass is 560 g/mol. The molecule has 0 saturated heterocycles. The van der Waals surface area contributed by atoms with Gasteiger partial charge >= 0.3 is 5.92 Å². The summed E-state index contributed by atoms with van der Waals surface area (Å²) in [6.45, 7) is 8.73. The van der Waals surface area contributed by atoms with Gasteiger partial charge in [0.25, 0.3) is 0 Å². The Hall–Kier alpha value is -3.44. The standard InChI is InChI=1S/C20H26N2.C16H20F2O/c1-6-7-20(17-8-10-18(21-4)11-9-17)22(5)19-13-15(2)12-16(3)14-19;1-15(2,19)16(17,18)14-10-8-13(9-11-14)7-6-12-4-3-5-12/h7-14,21H,6H2,1-5H3;6,8-11,19H,3-5,7H2,1-2H3/b20-7-;. The van der Waals surface area contributed by atoms with Gasteiger partial charge in [-0.2, -0.15) is 8.78 Å². The van der Waals surface area contributed by atoms with Crippen LogP contribution in [0, 0.1) is 13.8 Å². The molecule has 1 aliphatic rings. The van der Waals surface area contributed by atoms with E-state index in [1.54, 1.807) is 12.1 Å². The van der Waals surface area contributed by atoms with Crippen LogP contribution in [-0.4, -0.2) is 24.8 Å². The van der Waals surface area contributed by atoms with Gasteiger partial charge in [0.15, 0.2) is 0 Å². The first-order valence-electron chi connectivity index (χ1n) is 14.5. The van der Waals surface area contributed by atoms with Crippen LogP contribution in [0.3, 0.4) is 0 Å². The van der Waals surface area contributed by atoms with Gasteiger partial charge in [-0.05, 0) is 106 Å². The molecule has 0 unspecified atom stereocenters. The van der Waals surface area contributed by atoms with Crippen LogP contribution in [0.5, 0.6) is 0 Å². The van der Waals surface area contributed by atoms with E-state index in [-0.39, 0.29) is 5.56 Å². The zero-order valence-corrected chi connectivity index (χ0v) is 25.7. The van der Waals surface area contributed by atoms with E-state index in [2.05, 4.69) is 92.7 Å². The molecule has 1 saturated carbocycles. The van der Waals surface area contributed by atoms with Gasteiger partial charge in [0.05, 0.1) is 0 Å². The molecule has 220 valence electrons. The fourth-order valence-electron chi connectivity index (χ4n) is 4.78. The summed E-state index contributed by atoms with van der Waals surface area (Å²) in [4.78, 5) is 2.28. The zero-order chi connectivity index (χ0) is 30.2. The van der Waals surface area contributed by atoms with Gasteiger partial charge in [0.1, 0.15) is 5.60 Å². The molecule has 0 radical (unpaired) electrons. The quantitative estimate of drug-likeness (QED) is 0.256. The van der Waals surface area contributed by atoms with E-state index < -0.39 is 11.5 Å². The zero-order valence-electron chi connectivity index (χ0n) is 25.7. The van der Waals surface area contributed by atoms with Gasteiger partial charge in [-0.15, -0.1) is 0 Å². The first-order valence-corrected chi connectivity index (χ1v) is 14.5. The topological polar surface area (TPSA) is 35.5 Å². The third-order valence-electron chi connectivity index (χ3n) is 7.53. The molecule has 0 amide bonds. The minimum absolute atomic E-state index is 0.139. The summed E-state index contributed by atoms with van der Waals surface area (Å²) in [5, 5.41) is 12.7. The molecule has 0 heterocycles. The highest BCUT2D eigenvalue weighted by Gasteiger charge is 2.46. The Labute approximate surface area is 245 Å². The molecule has 0 bridgehead atoms. The molecule has 1 fully saturated rings. The van der Waals surface area contributed by atoms with Crippen molar-refractivity contribution in [2.24, 2.45) is 0 Å². The van der Waals surface area contributed by atoms with Gasteiger partial charge in [-0.3, -0.25) is 0 Å². The lowest BCUT2D eigenvalue weighted by molar-refractivity contribution is -0.168. The van der Waals surface area contributed by atoms with Crippen molar-refractivity contribution < 1.29 is 13.9 Å². The maximum Gasteiger partial charge on any atom is 0.300 e. The first kappa shape index (κ1) is 32.1. The smallest absolute Gasteiger partial charge is 0.300 e. The predicted molar refractivity (Wildman–Crippen MR) is 171 cm³/mol. The van der Waals surface area contributed by atoms with Gasteiger partial charge in [-0.25, -0.2) is 0 Å². The van der Waals surface area contributed by atoms with Crippen molar-refractivity contribution in [1.29, 1.82) is 0 Å². The highest BCUT2D eigenvalue weighted by atomic mass is 19.3. The molecular weight excluding hydrogens is 514 g/mol. The van der Waals surface area contributed by atoms with Crippen LogP contribution in [0.15, 0.2) is 84.5 Å². The van der Waals surface area contributed by atoms with Crippen molar-refractivity contribution in [2.45, 2.75) is 78.2 Å². The number of halogens is 2. The van der Waals surface area contributed by atoms with Crippen molar-refractivity contribution in [1.82, 2.24) is 0 Å². The van der Waals surface area contributed by atoms with Gasteiger partial charge < -0.3 is 15.3 Å². The van der Waals surface area contributed by atoms with Gasteiger partial charge in [0.2, 0.25) is 0 Å². The number of alkyl halides is 2. The average molecular weight is 561 g/mol. The van der Waals surface area contributed by atoms with Crippen LogP contribution < -0.4 is 10.2 Å². The summed E-state index contributed by atoms with van der Waals surface area (Å²) >= 11 is 0. The van der Waals surface area contributed by atoms with Crippen LogP contribution in [0.4, 0.5) is 20.2 Å². The van der Waals surface area contributed by atoms with Gasteiger partial charge in [-0.1, -0.05) is 67.1 Å². The second kappa shape index (κ2) is 14.0. The second-order valence-electron chi connectivity index (χ2n) is 11.5. The molecule has 0 aliphatic heterocycles. The van der Waals surface area contributed by atoms with Crippen LogP contribution in [0.25, 0.3) is 5.70 Å². The minimum Gasteiger partial charge on any atom is -0.388 e. The summed E-state index contributed by atoms with van der Waals surface area (Å²) in [6, 6.07) is 21.5. The number of aliphatic hydroxyl groups is 1. The summed E-state index contributed by atoms with van der Waals surface area (Å²) in [5.74, 6) is -3.24. The van der Waals surface area contributed by atoms with Crippen LogP contribution in [0.2, 0.25) is 0 Å². The number of benzene rings is 3. The molecule has 2 N–H and O–H groups in total. The molecule has 0 spiro atoms. The van der Waals surface area contributed by atoms with E-state index in [1.807, 2.05) is 7.05 Å². The van der Waals surface area contributed by atoms with Crippen molar-refractivity contribution in [3.05, 3.63) is 112 Å². The lowest BCUT2D eigenvalue weighted by Gasteiger charge is -2.29. The number of hydrogen-bond acceptors (Lipinski definition) is 3. The van der Waals surface area contributed by atoms with Crippen LogP contribution >= 0.6 is 0 Å². The van der Waals surface area contributed by atoms with Gasteiger partial charge in [0, 0.05) is 36.7 Å². The number of aryl methyl sites for hydroxylation is 2. The number of hydrogen-bond donors (Lipinski definition) is 2. The van der Waals surface area contributed by atoms with E-state index in [4.69, 9.17) is 0 Å². The van der Waals surface area contributed by atoms with Crippen LogP contribution in [0.1, 0.15) is 74.3 Å². The van der Waals surface area contributed by atoms with Crippen molar-refractivity contribution >= 4 is 17.1 Å². The molecule has 0 aromatic heterocycles. The summed E-state index contributed by atoms with van der Waals surface area (Å²) in [5.41, 5.74) is 7.73. The highest BCUT2D eigenvalue weighted by Crippen LogP contribution is 2.38. The van der Waals surface area contributed by atoms with E-state index in [0.29, 0.717) is 0 Å². The number of allylic oxidation sites excluding steroid dienone is 3. The van der Waals surface area contributed by atoms with E-state index in [9.17, 15) is 13.9 Å². The molecule has 4 rings (SSSR count). The fraction of sp³-hybridized carbons (Fsp3) is 0.389. The van der Waals surface area contributed by atoms with Crippen LogP contribution in [-0.2, 0) is 12.3 Å². The molecule has 5 heteroatoms. The highest BCUT2D eigenvalue weighted by molar-refractivity contribution is 5.79. The Morgan fingerprint density at radius 1 is 0.951 bits per heavy atom. The molecule has 3 aromatic rings. The number of nitrogens with one attached hydrogen (secondary N) is 1. The van der Waals surface area contributed by atoms with Crippen molar-refractivity contribution in [2.75, 3.05) is 24.3 Å². The Morgan fingerprint density at radius 3 is 2.00 bits per heavy atom. The third kappa shape index (κ3) is 8.53. The molecule has 41 heavy (non-hydrogen) atoms. The second-order valence-corrected chi connectivity index (χ2v) is 11.5. The minimum atomic E-state index is -3.24.